The highest BCUT2D eigenvalue weighted by atomic mass is 15.4. The van der Waals surface area contributed by atoms with Crippen LogP contribution in [0.2, 0.25) is 0 Å². The molecule has 3 aromatic heterocycles. The summed E-state index contributed by atoms with van der Waals surface area (Å²) in [7, 11) is 0. The van der Waals surface area contributed by atoms with Crippen LogP contribution in [0.5, 0.6) is 0 Å². The number of aromatic nitrogens is 5. The Hall–Kier alpha value is -5.15. The van der Waals surface area contributed by atoms with Crippen molar-refractivity contribution in [2.75, 3.05) is 0 Å². The van der Waals surface area contributed by atoms with Gasteiger partial charge in [0.2, 0.25) is 0 Å². The summed E-state index contributed by atoms with van der Waals surface area (Å²) in [5.74, 6) is 1.12. The lowest BCUT2D eigenvalue weighted by Crippen LogP contribution is -2.03. The normalized spacial score (nSPS) is 14.3. The van der Waals surface area contributed by atoms with E-state index in [9.17, 15) is 5.26 Å². The maximum absolute atomic E-state index is 9.20. The molecule has 3 heterocycles. The topological polar surface area (TPSA) is 79.8 Å². The predicted octanol–water partition coefficient (Wildman–Crippen LogP) is 9.10. The van der Waals surface area contributed by atoms with Crippen LogP contribution < -0.4 is 0 Å². The fraction of sp³-hybridized carbons (Fsp3) is 0.256. The third-order valence-electron chi connectivity index (χ3n) is 7.73. The van der Waals surface area contributed by atoms with E-state index in [-0.39, 0.29) is 11.8 Å². The van der Waals surface area contributed by atoms with Crippen molar-refractivity contribution in [3.8, 4) is 17.3 Å². The molecule has 0 bridgehead atoms. The van der Waals surface area contributed by atoms with Gasteiger partial charge in [-0.1, -0.05) is 114 Å². The van der Waals surface area contributed by atoms with E-state index in [2.05, 4.69) is 94.6 Å². The Kier molecular flexibility index (Phi) is 11.7. The average Bonchev–Trinajstić information content (AvgIpc) is 3.37. The lowest BCUT2D eigenvalue weighted by atomic mass is 9.93. The van der Waals surface area contributed by atoms with E-state index < -0.39 is 0 Å². The molecule has 0 amide bonds. The van der Waals surface area contributed by atoms with E-state index in [1.807, 2.05) is 75.7 Å². The van der Waals surface area contributed by atoms with Crippen LogP contribution in [0.3, 0.4) is 0 Å². The number of hydrogen-bond acceptors (Lipinski definition) is 5. The Balaban J connectivity index is 0.00000111. The number of rotatable bonds is 8. The molecule has 6 nitrogen and oxygen atoms in total. The van der Waals surface area contributed by atoms with E-state index >= 15 is 0 Å². The van der Waals surface area contributed by atoms with Gasteiger partial charge in [-0.05, 0) is 59.7 Å². The Morgan fingerprint density at radius 3 is 2.53 bits per heavy atom. The predicted molar refractivity (Wildman–Crippen MR) is 186 cm³/mol. The molecule has 2 aromatic carbocycles. The van der Waals surface area contributed by atoms with Gasteiger partial charge in [-0.2, -0.15) is 14.9 Å². The van der Waals surface area contributed by atoms with Crippen molar-refractivity contribution in [1.82, 2.24) is 24.8 Å². The maximum Gasteiger partial charge on any atom is 0.177 e. The molecule has 0 N–H and O–H groups in total. The average molecular weight is 595 g/mol. The van der Waals surface area contributed by atoms with Crippen LogP contribution in [-0.4, -0.2) is 24.8 Å². The zero-order chi connectivity index (χ0) is 32.2. The molecule has 45 heavy (non-hydrogen) atoms. The maximum atomic E-state index is 9.20. The number of pyridine rings is 1. The molecule has 5 aromatic rings. The zero-order valence-electron chi connectivity index (χ0n) is 27.0. The zero-order valence-corrected chi connectivity index (χ0v) is 27.0. The number of aryl methyl sites for hydroxylation is 2. The minimum Gasteiger partial charge on any atom is -0.256 e. The molecule has 0 saturated heterocycles. The second-order valence-corrected chi connectivity index (χ2v) is 10.4. The lowest BCUT2D eigenvalue weighted by Gasteiger charge is -2.11. The van der Waals surface area contributed by atoms with Crippen LogP contribution in [-0.2, 0) is 19.3 Å². The van der Waals surface area contributed by atoms with Gasteiger partial charge in [0, 0.05) is 35.1 Å². The van der Waals surface area contributed by atoms with Gasteiger partial charge in [0.05, 0.1) is 17.3 Å². The number of allylic oxidation sites excluding steroid dienone is 7. The van der Waals surface area contributed by atoms with Crippen LogP contribution >= 0.6 is 0 Å². The van der Waals surface area contributed by atoms with Crippen LogP contribution in [0.15, 0.2) is 121 Å². The molecule has 0 radical (unpaired) electrons. The summed E-state index contributed by atoms with van der Waals surface area (Å²) < 4.78 is 1.86. The summed E-state index contributed by atoms with van der Waals surface area (Å²) in [6, 6.07) is 25.0. The van der Waals surface area contributed by atoms with Crippen molar-refractivity contribution < 1.29 is 0 Å². The molecule has 0 aliphatic heterocycles. The number of nitriles is 1. The third kappa shape index (κ3) is 7.87. The summed E-state index contributed by atoms with van der Waals surface area (Å²) in [6.45, 7) is 13.9. The van der Waals surface area contributed by atoms with Crippen LogP contribution in [0, 0.1) is 23.2 Å². The number of nitrogens with zero attached hydrogens (tertiary/aromatic N) is 6. The fourth-order valence-corrected chi connectivity index (χ4v) is 5.26. The van der Waals surface area contributed by atoms with Gasteiger partial charge in [0.15, 0.2) is 11.5 Å². The SMILES string of the molecule is C=C(C#N)C(C)C1=CC=CC(Cc2ccc3c(CCc4nnc5ccc(-c6ccccc6)nn45)ccnc3c2)C=C1.CC.CC. The van der Waals surface area contributed by atoms with Gasteiger partial charge in [-0.25, -0.2) is 0 Å². The van der Waals surface area contributed by atoms with Crippen LogP contribution in [0.1, 0.15) is 51.6 Å². The van der Waals surface area contributed by atoms with E-state index in [4.69, 9.17) is 5.10 Å². The first-order valence-corrected chi connectivity index (χ1v) is 15.9. The smallest absolute Gasteiger partial charge is 0.177 e. The Labute approximate surface area is 267 Å². The van der Waals surface area contributed by atoms with Crippen molar-refractivity contribution in [1.29, 1.82) is 5.26 Å². The molecule has 1 aliphatic carbocycles. The molecule has 228 valence electrons. The first-order valence-electron chi connectivity index (χ1n) is 15.9. The van der Waals surface area contributed by atoms with Crippen LogP contribution in [0.4, 0.5) is 0 Å². The molecular weight excluding hydrogens is 552 g/mol. The largest absolute Gasteiger partial charge is 0.256 e. The molecule has 1 aliphatic rings. The highest BCUT2D eigenvalue weighted by molar-refractivity contribution is 5.82. The second-order valence-electron chi connectivity index (χ2n) is 10.4. The summed E-state index contributed by atoms with van der Waals surface area (Å²) in [5.41, 5.74) is 7.85. The number of hydrogen-bond donors (Lipinski definition) is 0. The molecular formula is C39H42N6. The monoisotopic (exact) mass is 594 g/mol. The van der Waals surface area contributed by atoms with Gasteiger partial charge >= 0.3 is 0 Å². The van der Waals surface area contributed by atoms with Gasteiger partial charge < -0.3 is 0 Å². The van der Waals surface area contributed by atoms with Gasteiger partial charge in [-0.3, -0.25) is 4.98 Å². The lowest BCUT2D eigenvalue weighted by molar-refractivity contribution is 0.787. The Morgan fingerprint density at radius 1 is 0.956 bits per heavy atom. The minimum absolute atomic E-state index is 0.0142. The molecule has 0 saturated carbocycles. The van der Waals surface area contributed by atoms with Crippen LogP contribution in [0.25, 0.3) is 27.8 Å². The van der Waals surface area contributed by atoms with Crippen molar-refractivity contribution in [3.63, 3.8) is 0 Å². The van der Waals surface area contributed by atoms with E-state index in [0.717, 1.165) is 58.5 Å². The van der Waals surface area contributed by atoms with Gasteiger partial charge in [0.1, 0.15) is 0 Å². The summed E-state index contributed by atoms with van der Waals surface area (Å²) in [5, 5.41) is 24.0. The van der Waals surface area contributed by atoms with E-state index in [1.54, 1.807) is 0 Å². The molecule has 2 unspecified atom stereocenters. The molecule has 2 atom stereocenters. The summed E-state index contributed by atoms with van der Waals surface area (Å²) in [6.07, 6.45) is 15.0. The highest BCUT2D eigenvalue weighted by Gasteiger charge is 2.14. The molecule has 6 rings (SSSR count). The van der Waals surface area contributed by atoms with E-state index in [0.29, 0.717) is 5.57 Å². The number of fused-ring (bicyclic) bond motifs is 2. The van der Waals surface area contributed by atoms with Crippen molar-refractivity contribution in [2.24, 2.45) is 11.8 Å². The summed E-state index contributed by atoms with van der Waals surface area (Å²) in [4.78, 5) is 4.69. The standard InChI is InChI=1S/C35H30N6.2C2H6/c1-24(23-36)25(2)28-10-6-7-26(11-13-28)21-27-12-15-31-29(19-20-37-33(31)22-27)14-17-34-38-39-35-18-16-32(40-41(34)35)30-8-4-3-5-9-30;2*1-2/h3-13,15-16,18-20,22,25-26H,1,14,17,21H2,2H3;2*1-2H3. The first kappa shape index (κ1) is 32.8. The van der Waals surface area contributed by atoms with Crippen molar-refractivity contribution in [2.45, 2.75) is 53.9 Å². The molecule has 0 fully saturated rings. The molecule has 6 heteroatoms. The van der Waals surface area contributed by atoms with E-state index in [1.165, 1.54) is 11.1 Å². The molecule has 0 spiro atoms. The second kappa shape index (κ2) is 16.1. The fourth-order valence-electron chi connectivity index (χ4n) is 5.26. The van der Waals surface area contributed by atoms with Gasteiger partial charge in [0.25, 0.3) is 0 Å². The van der Waals surface area contributed by atoms with Crippen molar-refractivity contribution >= 4 is 16.6 Å². The Bertz CT molecular complexity index is 1870. The minimum atomic E-state index is 0.0142. The highest BCUT2D eigenvalue weighted by Crippen LogP contribution is 2.26. The Morgan fingerprint density at radius 2 is 1.76 bits per heavy atom. The number of benzene rings is 2. The first-order chi connectivity index (χ1) is 22.1. The quantitative estimate of drug-likeness (QED) is 0.167. The third-order valence-corrected chi connectivity index (χ3v) is 7.73. The van der Waals surface area contributed by atoms with Crippen molar-refractivity contribution in [3.05, 3.63) is 138 Å². The van der Waals surface area contributed by atoms with Gasteiger partial charge in [-0.15, -0.1) is 10.2 Å². The summed E-state index contributed by atoms with van der Waals surface area (Å²) >= 11 is 0.